The Bertz CT molecular complexity index is 291. The van der Waals surface area contributed by atoms with Gasteiger partial charge >= 0.3 is 6.18 Å². The van der Waals surface area contributed by atoms with E-state index in [0.29, 0.717) is 12.8 Å². The fraction of sp³-hybridized carbons (Fsp3) is 1.00. The molecule has 0 unspecified atom stereocenters. The summed E-state index contributed by atoms with van der Waals surface area (Å²) >= 11 is 0. The van der Waals surface area contributed by atoms with E-state index in [0.717, 1.165) is 19.3 Å². The lowest BCUT2D eigenvalue weighted by Gasteiger charge is -2.21. The molecule has 0 aliphatic heterocycles. The van der Waals surface area contributed by atoms with Crippen molar-refractivity contribution < 1.29 is 25.8 Å². The number of hydrogen-bond acceptors (Lipinski definition) is 3. The fourth-order valence-corrected chi connectivity index (χ4v) is 3.00. The summed E-state index contributed by atoms with van der Waals surface area (Å²) in [4.78, 5) is 0. The van der Waals surface area contributed by atoms with E-state index in [1.807, 2.05) is 0 Å². The molecule has 0 N–H and O–H groups in total. The van der Waals surface area contributed by atoms with Gasteiger partial charge in [0, 0.05) is 0 Å². The average molecular weight is 246 g/mol. The van der Waals surface area contributed by atoms with Crippen LogP contribution in [0, 0.1) is 0 Å². The van der Waals surface area contributed by atoms with Crippen molar-refractivity contribution >= 4 is 10.1 Å². The maximum absolute atomic E-state index is 11.8. The maximum atomic E-state index is 11.8. The molecular formula is C8H13F3O3S. The molecule has 0 aromatic heterocycles. The highest BCUT2D eigenvalue weighted by Gasteiger charge is 2.34. The minimum atomic E-state index is -4.60. The van der Waals surface area contributed by atoms with Crippen LogP contribution in [0.25, 0.3) is 0 Å². The monoisotopic (exact) mass is 246 g/mol. The Labute approximate surface area is 86.7 Å². The van der Waals surface area contributed by atoms with Crippen LogP contribution in [-0.4, -0.2) is 26.5 Å². The Balaban J connectivity index is 2.51. The summed E-state index contributed by atoms with van der Waals surface area (Å²) in [6.45, 7) is -1.72. The van der Waals surface area contributed by atoms with Gasteiger partial charge in [-0.15, -0.1) is 0 Å². The van der Waals surface area contributed by atoms with Crippen molar-refractivity contribution in [3.05, 3.63) is 0 Å². The largest absolute Gasteiger partial charge is 0.413 e. The molecule has 1 aliphatic rings. The van der Waals surface area contributed by atoms with E-state index in [-0.39, 0.29) is 0 Å². The van der Waals surface area contributed by atoms with Gasteiger partial charge < -0.3 is 0 Å². The molecule has 0 radical (unpaired) electrons. The third-order valence-corrected chi connectivity index (χ3v) is 4.08. The van der Waals surface area contributed by atoms with E-state index in [4.69, 9.17) is 0 Å². The molecule has 0 atom stereocenters. The summed E-state index contributed by atoms with van der Waals surface area (Å²) in [6, 6.07) is 0. The van der Waals surface area contributed by atoms with Gasteiger partial charge in [0.2, 0.25) is 0 Å². The summed E-state index contributed by atoms with van der Waals surface area (Å²) < 4.78 is 61.9. The van der Waals surface area contributed by atoms with Crippen molar-refractivity contribution in [2.24, 2.45) is 0 Å². The zero-order valence-electron chi connectivity index (χ0n) is 8.09. The molecule has 0 aromatic rings. The predicted octanol–water partition coefficient (Wildman–Crippen LogP) is 2.23. The lowest BCUT2D eigenvalue weighted by atomic mass is 10.0. The van der Waals surface area contributed by atoms with Crippen LogP contribution in [0.1, 0.15) is 32.1 Å². The first kappa shape index (κ1) is 12.8. The molecular weight excluding hydrogens is 233 g/mol. The molecule has 0 saturated heterocycles. The van der Waals surface area contributed by atoms with Gasteiger partial charge in [-0.05, 0) is 12.8 Å². The normalized spacial score (nSPS) is 20.5. The quantitative estimate of drug-likeness (QED) is 0.717. The summed E-state index contributed by atoms with van der Waals surface area (Å²) in [5.74, 6) is 0. The molecule has 1 aliphatic carbocycles. The van der Waals surface area contributed by atoms with Crippen molar-refractivity contribution in [1.29, 1.82) is 0 Å². The molecule has 1 rings (SSSR count). The minimum Gasteiger partial charge on any atom is -0.260 e. The van der Waals surface area contributed by atoms with Crippen molar-refractivity contribution in [3.8, 4) is 0 Å². The van der Waals surface area contributed by atoms with Crippen molar-refractivity contribution in [3.63, 3.8) is 0 Å². The number of halogens is 3. The molecule has 3 nitrogen and oxygen atoms in total. The van der Waals surface area contributed by atoms with Gasteiger partial charge in [0.05, 0.1) is 5.25 Å². The number of rotatable bonds is 3. The Morgan fingerprint density at radius 2 is 1.67 bits per heavy atom. The average Bonchev–Trinajstić information content (AvgIpc) is 2.16. The van der Waals surface area contributed by atoms with Crippen LogP contribution < -0.4 is 0 Å². The summed E-state index contributed by atoms with van der Waals surface area (Å²) in [7, 11) is -4.04. The highest BCUT2D eigenvalue weighted by Crippen LogP contribution is 2.26. The Morgan fingerprint density at radius 1 is 1.13 bits per heavy atom. The third-order valence-electron chi connectivity index (χ3n) is 2.35. The topological polar surface area (TPSA) is 43.4 Å². The minimum absolute atomic E-state index is 0.403. The Kier molecular flexibility index (Phi) is 3.99. The molecule has 1 saturated carbocycles. The van der Waals surface area contributed by atoms with Gasteiger partial charge in [-0.1, -0.05) is 19.3 Å². The fourth-order valence-electron chi connectivity index (χ4n) is 1.60. The smallest absolute Gasteiger partial charge is 0.260 e. The molecule has 0 amide bonds. The molecule has 0 bridgehead atoms. The molecule has 15 heavy (non-hydrogen) atoms. The standard InChI is InChI=1S/C8H13F3O3S/c9-8(10,11)6-14-15(12,13)7-4-2-1-3-5-7/h7H,1-6H2. The van der Waals surface area contributed by atoms with Crippen LogP contribution in [0.2, 0.25) is 0 Å². The van der Waals surface area contributed by atoms with Crippen molar-refractivity contribution in [1.82, 2.24) is 0 Å². The second-order valence-electron chi connectivity index (χ2n) is 3.63. The first-order chi connectivity index (χ1) is 6.81. The van der Waals surface area contributed by atoms with Crippen LogP contribution in [0.15, 0.2) is 0 Å². The van der Waals surface area contributed by atoms with Crippen molar-refractivity contribution in [2.75, 3.05) is 6.61 Å². The first-order valence-electron chi connectivity index (χ1n) is 4.76. The van der Waals surface area contributed by atoms with Crippen LogP contribution in [0.4, 0.5) is 13.2 Å². The van der Waals surface area contributed by atoms with Gasteiger partial charge in [0.15, 0.2) is 6.61 Å². The van der Waals surface area contributed by atoms with Gasteiger partial charge in [-0.25, -0.2) is 0 Å². The van der Waals surface area contributed by atoms with Gasteiger partial charge in [-0.3, -0.25) is 4.18 Å². The SMILES string of the molecule is O=S(=O)(OCC(F)(F)F)C1CCCCC1. The van der Waals surface area contributed by atoms with Gasteiger partial charge in [0.1, 0.15) is 0 Å². The maximum Gasteiger partial charge on any atom is 0.413 e. The van der Waals surface area contributed by atoms with E-state index >= 15 is 0 Å². The predicted molar refractivity (Wildman–Crippen MR) is 47.8 cm³/mol. The number of alkyl halides is 3. The molecule has 0 spiro atoms. The van der Waals surface area contributed by atoms with Crippen LogP contribution in [-0.2, 0) is 14.3 Å². The number of hydrogen-bond donors (Lipinski definition) is 0. The summed E-state index contributed by atoms with van der Waals surface area (Å²) in [6.07, 6.45) is -1.38. The van der Waals surface area contributed by atoms with E-state index in [1.54, 1.807) is 0 Å². The molecule has 1 fully saturated rings. The van der Waals surface area contributed by atoms with E-state index in [2.05, 4.69) is 4.18 Å². The first-order valence-corrected chi connectivity index (χ1v) is 6.23. The van der Waals surface area contributed by atoms with E-state index < -0.39 is 28.2 Å². The highest BCUT2D eigenvalue weighted by atomic mass is 32.2. The summed E-state index contributed by atoms with van der Waals surface area (Å²) in [5.41, 5.74) is 0. The second kappa shape index (κ2) is 4.69. The Morgan fingerprint density at radius 3 is 2.13 bits per heavy atom. The lowest BCUT2D eigenvalue weighted by molar-refractivity contribution is -0.152. The zero-order chi connectivity index (χ0) is 11.5. The van der Waals surface area contributed by atoms with Crippen LogP contribution in [0.5, 0.6) is 0 Å². The van der Waals surface area contributed by atoms with Crippen LogP contribution in [0.3, 0.4) is 0 Å². The Hall–Kier alpha value is -0.300. The highest BCUT2D eigenvalue weighted by molar-refractivity contribution is 7.87. The van der Waals surface area contributed by atoms with Gasteiger partial charge in [0.25, 0.3) is 10.1 Å². The van der Waals surface area contributed by atoms with Crippen molar-refractivity contribution in [2.45, 2.75) is 43.5 Å². The third kappa shape index (κ3) is 4.38. The summed E-state index contributed by atoms with van der Waals surface area (Å²) in [5, 5.41) is -0.756. The lowest BCUT2D eigenvalue weighted by Crippen LogP contribution is -2.29. The second-order valence-corrected chi connectivity index (χ2v) is 5.52. The molecule has 90 valence electrons. The van der Waals surface area contributed by atoms with Gasteiger partial charge in [-0.2, -0.15) is 21.6 Å². The van der Waals surface area contributed by atoms with E-state index in [9.17, 15) is 21.6 Å². The molecule has 7 heteroatoms. The van der Waals surface area contributed by atoms with E-state index in [1.165, 1.54) is 0 Å². The zero-order valence-corrected chi connectivity index (χ0v) is 8.90. The van der Waals surface area contributed by atoms with Crippen LogP contribution >= 0.6 is 0 Å². The molecule has 0 aromatic carbocycles. The molecule has 0 heterocycles.